The summed E-state index contributed by atoms with van der Waals surface area (Å²) < 4.78 is 0. The van der Waals surface area contributed by atoms with Crippen LogP contribution in [0.5, 0.6) is 0 Å². The van der Waals surface area contributed by atoms with Gasteiger partial charge in [-0.05, 0) is 43.3 Å². The molecule has 1 amide bonds. The summed E-state index contributed by atoms with van der Waals surface area (Å²) in [6, 6.07) is 15.3. The Hall–Kier alpha value is -2.62. The lowest BCUT2D eigenvalue weighted by atomic mass is 10.1. The fourth-order valence-corrected chi connectivity index (χ4v) is 1.96. The molecule has 0 spiro atoms. The number of hydrogen-bond donors (Lipinski definition) is 1. The third-order valence-corrected chi connectivity index (χ3v) is 3.01. The largest absolute Gasteiger partial charge is 0.478 e. The molecule has 0 aliphatic carbocycles. The molecule has 0 atom stereocenters. The molecule has 2 rings (SSSR count). The van der Waals surface area contributed by atoms with Crippen LogP contribution in [0.1, 0.15) is 27.6 Å². The second kappa shape index (κ2) is 6.02. The van der Waals surface area contributed by atoms with Crippen LogP contribution >= 0.6 is 0 Å². The van der Waals surface area contributed by atoms with Gasteiger partial charge in [-0.2, -0.15) is 0 Å². The first-order valence-corrected chi connectivity index (χ1v) is 6.33. The van der Waals surface area contributed by atoms with Gasteiger partial charge in [0.25, 0.3) is 5.91 Å². The summed E-state index contributed by atoms with van der Waals surface area (Å²) >= 11 is 0. The van der Waals surface area contributed by atoms with Gasteiger partial charge in [0.15, 0.2) is 0 Å². The lowest BCUT2D eigenvalue weighted by molar-refractivity contribution is 0.0696. The van der Waals surface area contributed by atoms with Gasteiger partial charge in [0, 0.05) is 17.8 Å². The second-order valence-electron chi connectivity index (χ2n) is 4.27. The number of aromatic carboxylic acids is 1. The van der Waals surface area contributed by atoms with Crippen LogP contribution in [0.25, 0.3) is 0 Å². The van der Waals surface area contributed by atoms with Crippen LogP contribution in [-0.2, 0) is 0 Å². The maximum atomic E-state index is 12.4. The monoisotopic (exact) mass is 269 g/mol. The van der Waals surface area contributed by atoms with E-state index < -0.39 is 5.97 Å². The van der Waals surface area contributed by atoms with Crippen LogP contribution in [0.2, 0.25) is 0 Å². The molecule has 0 bridgehead atoms. The maximum Gasteiger partial charge on any atom is 0.335 e. The number of hydrogen-bond acceptors (Lipinski definition) is 2. The highest BCUT2D eigenvalue weighted by Crippen LogP contribution is 2.17. The molecule has 4 heteroatoms. The molecule has 0 heterocycles. The molecule has 0 unspecified atom stereocenters. The van der Waals surface area contributed by atoms with Gasteiger partial charge in [0.05, 0.1) is 5.56 Å². The van der Waals surface area contributed by atoms with Gasteiger partial charge in [-0.25, -0.2) is 4.79 Å². The van der Waals surface area contributed by atoms with Gasteiger partial charge in [-0.3, -0.25) is 4.79 Å². The Morgan fingerprint density at radius 3 is 2.00 bits per heavy atom. The Bertz CT molecular complexity index is 605. The summed E-state index contributed by atoms with van der Waals surface area (Å²) in [4.78, 5) is 24.9. The molecule has 20 heavy (non-hydrogen) atoms. The molecule has 1 N–H and O–H groups in total. The van der Waals surface area contributed by atoms with Crippen molar-refractivity contribution in [3.05, 3.63) is 65.7 Å². The standard InChI is InChI=1S/C16H15NO3/c1-2-17(14-6-4-3-5-7-14)15(18)12-8-10-13(11-9-12)16(19)20/h3-11H,2H2,1H3,(H,19,20). The smallest absolute Gasteiger partial charge is 0.335 e. The Morgan fingerprint density at radius 2 is 1.50 bits per heavy atom. The summed E-state index contributed by atoms with van der Waals surface area (Å²) in [7, 11) is 0. The molecule has 0 aliphatic rings. The van der Waals surface area contributed by atoms with Crippen LogP contribution in [0.15, 0.2) is 54.6 Å². The van der Waals surface area contributed by atoms with E-state index in [-0.39, 0.29) is 11.5 Å². The summed E-state index contributed by atoms with van der Waals surface area (Å²) in [5, 5.41) is 8.85. The van der Waals surface area contributed by atoms with Crippen molar-refractivity contribution < 1.29 is 14.7 Å². The van der Waals surface area contributed by atoms with Gasteiger partial charge >= 0.3 is 5.97 Å². The van der Waals surface area contributed by atoms with Crippen molar-refractivity contribution in [2.75, 3.05) is 11.4 Å². The van der Waals surface area contributed by atoms with E-state index in [0.29, 0.717) is 12.1 Å². The molecule has 0 fully saturated rings. The van der Waals surface area contributed by atoms with Gasteiger partial charge in [0.1, 0.15) is 0 Å². The molecule has 0 aliphatic heterocycles. The van der Waals surface area contributed by atoms with E-state index in [0.717, 1.165) is 5.69 Å². The highest BCUT2D eigenvalue weighted by atomic mass is 16.4. The number of carboxylic acids is 1. The van der Waals surface area contributed by atoms with Crippen LogP contribution in [0, 0.1) is 0 Å². The van der Waals surface area contributed by atoms with E-state index in [1.807, 2.05) is 37.3 Å². The highest BCUT2D eigenvalue weighted by molar-refractivity contribution is 6.06. The highest BCUT2D eigenvalue weighted by Gasteiger charge is 2.16. The SMILES string of the molecule is CCN(C(=O)c1ccc(C(=O)O)cc1)c1ccccc1. The minimum Gasteiger partial charge on any atom is -0.478 e. The van der Waals surface area contributed by atoms with Crippen molar-refractivity contribution in [1.29, 1.82) is 0 Å². The first-order valence-electron chi connectivity index (χ1n) is 6.33. The Morgan fingerprint density at radius 1 is 0.950 bits per heavy atom. The van der Waals surface area contributed by atoms with E-state index in [9.17, 15) is 9.59 Å². The minimum atomic E-state index is -1.00. The van der Waals surface area contributed by atoms with Crippen LogP contribution in [-0.4, -0.2) is 23.5 Å². The maximum absolute atomic E-state index is 12.4. The van der Waals surface area contributed by atoms with E-state index in [4.69, 9.17) is 5.11 Å². The van der Waals surface area contributed by atoms with Crippen molar-refractivity contribution in [2.45, 2.75) is 6.92 Å². The topological polar surface area (TPSA) is 57.6 Å². The van der Waals surface area contributed by atoms with E-state index in [2.05, 4.69) is 0 Å². The number of para-hydroxylation sites is 1. The Balaban J connectivity index is 2.27. The van der Waals surface area contributed by atoms with Crippen molar-refractivity contribution in [2.24, 2.45) is 0 Å². The molecule has 0 aromatic heterocycles. The van der Waals surface area contributed by atoms with E-state index >= 15 is 0 Å². The zero-order valence-corrected chi connectivity index (χ0v) is 11.1. The summed E-state index contributed by atoms with van der Waals surface area (Å²) in [6.45, 7) is 2.44. The van der Waals surface area contributed by atoms with Crippen LogP contribution in [0.4, 0.5) is 5.69 Å². The zero-order valence-electron chi connectivity index (χ0n) is 11.1. The fourth-order valence-electron chi connectivity index (χ4n) is 1.96. The lowest BCUT2D eigenvalue weighted by Crippen LogP contribution is -2.30. The van der Waals surface area contributed by atoms with Gasteiger partial charge in [0.2, 0.25) is 0 Å². The van der Waals surface area contributed by atoms with Crippen molar-refractivity contribution in [3.63, 3.8) is 0 Å². The normalized spacial score (nSPS) is 10.1. The number of nitrogens with zero attached hydrogens (tertiary/aromatic N) is 1. The van der Waals surface area contributed by atoms with Crippen LogP contribution < -0.4 is 4.90 Å². The summed E-state index contributed by atoms with van der Waals surface area (Å²) in [5.41, 5.74) is 1.47. The van der Waals surface area contributed by atoms with Gasteiger partial charge < -0.3 is 10.0 Å². The fraction of sp³-hybridized carbons (Fsp3) is 0.125. The van der Waals surface area contributed by atoms with Crippen molar-refractivity contribution in [1.82, 2.24) is 0 Å². The molecule has 0 saturated carbocycles. The first-order chi connectivity index (χ1) is 9.63. The Labute approximate surface area is 117 Å². The third-order valence-electron chi connectivity index (χ3n) is 3.01. The Kier molecular flexibility index (Phi) is 4.15. The lowest BCUT2D eigenvalue weighted by Gasteiger charge is -2.21. The molecular weight excluding hydrogens is 254 g/mol. The quantitative estimate of drug-likeness (QED) is 0.928. The molecule has 0 radical (unpaired) electrons. The van der Waals surface area contributed by atoms with Crippen LogP contribution in [0.3, 0.4) is 0 Å². The average Bonchev–Trinajstić information content (AvgIpc) is 2.49. The predicted molar refractivity (Wildman–Crippen MR) is 77.2 cm³/mol. The van der Waals surface area contributed by atoms with Gasteiger partial charge in [-0.1, -0.05) is 18.2 Å². The predicted octanol–water partition coefficient (Wildman–Crippen LogP) is 3.05. The number of carboxylic acid groups (broad SMARTS) is 1. The number of carbonyl (C=O) groups excluding carboxylic acids is 1. The second-order valence-corrected chi connectivity index (χ2v) is 4.27. The molecule has 102 valence electrons. The number of rotatable bonds is 4. The van der Waals surface area contributed by atoms with Crippen molar-refractivity contribution in [3.8, 4) is 0 Å². The van der Waals surface area contributed by atoms with E-state index in [1.165, 1.54) is 24.3 Å². The third kappa shape index (κ3) is 2.85. The first kappa shape index (κ1) is 13.8. The number of amides is 1. The number of benzene rings is 2. The summed E-state index contributed by atoms with van der Waals surface area (Å²) in [5.74, 6) is -1.14. The van der Waals surface area contributed by atoms with E-state index in [1.54, 1.807) is 4.90 Å². The molecule has 4 nitrogen and oxygen atoms in total. The number of anilines is 1. The molecule has 0 saturated heterocycles. The average molecular weight is 269 g/mol. The number of carbonyl (C=O) groups is 2. The zero-order chi connectivity index (χ0) is 14.5. The molecular formula is C16H15NO3. The summed E-state index contributed by atoms with van der Waals surface area (Å²) in [6.07, 6.45) is 0. The van der Waals surface area contributed by atoms with Crippen molar-refractivity contribution >= 4 is 17.6 Å². The molecule has 2 aromatic carbocycles. The van der Waals surface area contributed by atoms with Gasteiger partial charge in [-0.15, -0.1) is 0 Å². The molecule has 2 aromatic rings. The minimum absolute atomic E-state index is 0.143.